The van der Waals surface area contributed by atoms with Gasteiger partial charge in [0.1, 0.15) is 12.1 Å². The molecular weight excluding hydrogens is 399 g/mol. The lowest BCUT2D eigenvalue weighted by molar-refractivity contribution is -0.137. The van der Waals surface area contributed by atoms with Crippen LogP contribution in [0.3, 0.4) is 0 Å². The Balaban J connectivity index is 1.60. The molecule has 1 fully saturated rings. The van der Waals surface area contributed by atoms with Crippen LogP contribution < -0.4 is 10.6 Å². The molecule has 0 radical (unpaired) electrons. The summed E-state index contributed by atoms with van der Waals surface area (Å²) in [6, 6.07) is 12.7. The summed E-state index contributed by atoms with van der Waals surface area (Å²) < 4.78 is 37.8. The van der Waals surface area contributed by atoms with Gasteiger partial charge < -0.3 is 10.6 Å². The zero-order valence-electron chi connectivity index (χ0n) is 16.1. The fraction of sp³-hybridized carbons (Fsp3) is 0.286. The summed E-state index contributed by atoms with van der Waals surface area (Å²) >= 11 is 0. The largest absolute Gasteiger partial charge is 0.416 e. The van der Waals surface area contributed by atoms with E-state index in [9.17, 15) is 27.6 Å². The number of amides is 4. The van der Waals surface area contributed by atoms with Crippen molar-refractivity contribution in [3.8, 4) is 0 Å². The van der Waals surface area contributed by atoms with E-state index in [1.807, 2.05) is 30.3 Å². The van der Waals surface area contributed by atoms with Crippen molar-refractivity contribution in [1.82, 2.24) is 10.2 Å². The minimum absolute atomic E-state index is 0.131. The molecule has 2 aromatic carbocycles. The van der Waals surface area contributed by atoms with Gasteiger partial charge in [0, 0.05) is 5.69 Å². The van der Waals surface area contributed by atoms with E-state index in [1.54, 1.807) is 6.92 Å². The highest BCUT2D eigenvalue weighted by Gasteiger charge is 2.47. The summed E-state index contributed by atoms with van der Waals surface area (Å²) in [5.41, 5.74) is -0.836. The van der Waals surface area contributed by atoms with Gasteiger partial charge in [0.05, 0.1) is 5.56 Å². The molecule has 1 atom stereocenters. The highest BCUT2D eigenvalue weighted by atomic mass is 19.4. The van der Waals surface area contributed by atoms with Crippen LogP contribution in [0.5, 0.6) is 0 Å². The number of benzene rings is 2. The van der Waals surface area contributed by atoms with Gasteiger partial charge in [-0.2, -0.15) is 13.2 Å². The molecule has 1 saturated heterocycles. The molecule has 30 heavy (non-hydrogen) atoms. The molecule has 0 bridgehead atoms. The van der Waals surface area contributed by atoms with E-state index in [-0.39, 0.29) is 5.69 Å². The van der Waals surface area contributed by atoms with Crippen LogP contribution in [-0.2, 0) is 22.2 Å². The van der Waals surface area contributed by atoms with Gasteiger partial charge in [0.2, 0.25) is 5.91 Å². The Labute approximate surface area is 171 Å². The number of hydrogen-bond donors (Lipinski definition) is 2. The third-order valence-electron chi connectivity index (χ3n) is 4.90. The first-order chi connectivity index (χ1) is 14.1. The topological polar surface area (TPSA) is 78.5 Å². The summed E-state index contributed by atoms with van der Waals surface area (Å²) in [7, 11) is 0. The van der Waals surface area contributed by atoms with E-state index < -0.39 is 41.7 Å². The molecule has 158 valence electrons. The molecule has 1 heterocycles. The maximum atomic E-state index is 12.7. The van der Waals surface area contributed by atoms with Crippen molar-refractivity contribution in [2.24, 2.45) is 0 Å². The Morgan fingerprint density at radius 3 is 2.30 bits per heavy atom. The number of halogens is 3. The van der Waals surface area contributed by atoms with E-state index in [2.05, 4.69) is 10.6 Å². The first kappa shape index (κ1) is 21.4. The predicted molar refractivity (Wildman–Crippen MR) is 103 cm³/mol. The molecule has 1 aliphatic rings. The van der Waals surface area contributed by atoms with Crippen LogP contribution in [0.25, 0.3) is 0 Å². The zero-order valence-corrected chi connectivity index (χ0v) is 16.1. The Morgan fingerprint density at radius 1 is 1.07 bits per heavy atom. The van der Waals surface area contributed by atoms with Crippen molar-refractivity contribution >= 4 is 23.5 Å². The highest BCUT2D eigenvalue weighted by Crippen LogP contribution is 2.30. The standard InChI is InChI=1S/C21H20F3N3O3/c1-20(12-11-14-5-3-2-4-6-14)18(29)27(19(30)26-20)13-17(28)25-16-9-7-15(8-10-16)21(22,23)24/h2-10H,11-13H2,1H3,(H,25,28)(H,26,30)/t20-/m1/s1. The molecule has 2 aromatic rings. The maximum absolute atomic E-state index is 12.7. The van der Waals surface area contributed by atoms with Crippen LogP contribution in [0.4, 0.5) is 23.7 Å². The van der Waals surface area contributed by atoms with Gasteiger partial charge in [-0.25, -0.2) is 4.79 Å². The molecule has 0 aromatic heterocycles. The Hall–Kier alpha value is -3.36. The second kappa shape index (κ2) is 8.17. The van der Waals surface area contributed by atoms with Gasteiger partial charge in [-0.05, 0) is 49.6 Å². The molecule has 1 aliphatic heterocycles. The van der Waals surface area contributed by atoms with Gasteiger partial charge in [-0.1, -0.05) is 30.3 Å². The predicted octanol–water partition coefficient (Wildman–Crippen LogP) is 3.59. The molecule has 6 nitrogen and oxygen atoms in total. The molecule has 4 amide bonds. The second-order valence-electron chi connectivity index (χ2n) is 7.26. The van der Waals surface area contributed by atoms with E-state index >= 15 is 0 Å². The van der Waals surface area contributed by atoms with Crippen LogP contribution in [0.1, 0.15) is 24.5 Å². The second-order valence-corrected chi connectivity index (χ2v) is 7.26. The molecule has 2 N–H and O–H groups in total. The van der Waals surface area contributed by atoms with Crippen LogP contribution in [0.2, 0.25) is 0 Å². The minimum Gasteiger partial charge on any atom is -0.325 e. The van der Waals surface area contributed by atoms with Gasteiger partial charge in [0.25, 0.3) is 5.91 Å². The maximum Gasteiger partial charge on any atom is 0.416 e. The number of nitrogens with one attached hydrogen (secondary N) is 2. The van der Waals surface area contributed by atoms with E-state index in [1.165, 1.54) is 0 Å². The van der Waals surface area contributed by atoms with E-state index in [0.29, 0.717) is 12.8 Å². The fourth-order valence-corrected chi connectivity index (χ4v) is 3.19. The van der Waals surface area contributed by atoms with Crippen molar-refractivity contribution in [2.45, 2.75) is 31.5 Å². The van der Waals surface area contributed by atoms with Crippen molar-refractivity contribution in [3.05, 3.63) is 65.7 Å². The first-order valence-electron chi connectivity index (χ1n) is 9.24. The van der Waals surface area contributed by atoms with Gasteiger partial charge >= 0.3 is 12.2 Å². The molecule has 0 unspecified atom stereocenters. The smallest absolute Gasteiger partial charge is 0.325 e. The van der Waals surface area contributed by atoms with Crippen molar-refractivity contribution in [3.63, 3.8) is 0 Å². The average Bonchev–Trinajstić information content (AvgIpc) is 2.90. The zero-order chi connectivity index (χ0) is 21.9. The number of rotatable bonds is 6. The van der Waals surface area contributed by atoms with Crippen LogP contribution in [0.15, 0.2) is 54.6 Å². The average molecular weight is 419 g/mol. The number of nitrogens with zero attached hydrogens (tertiary/aromatic N) is 1. The van der Waals surface area contributed by atoms with Crippen LogP contribution in [0, 0.1) is 0 Å². The minimum atomic E-state index is -4.48. The third-order valence-corrected chi connectivity index (χ3v) is 4.90. The summed E-state index contributed by atoms with van der Waals surface area (Å²) in [4.78, 5) is 38.0. The number of imide groups is 1. The number of carbonyl (C=O) groups is 3. The Kier molecular flexibility index (Phi) is 5.82. The van der Waals surface area contributed by atoms with Crippen LogP contribution >= 0.6 is 0 Å². The third kappa shape index (κ3) is 4.79. The van der Waals surface area contributed by atoms with Crippen molar-refractivity contribution in [1.29, 1.82) is 0 Å². The number of anilines is 1. The molecular formula is C21H20F3N3O3. The number of alkyl halides is 3. The number of aryl methyl sites for hydroxylation is 1. The van der Waals surface area contributed by atoms with E-state index in [4.69, 9.17) is 0 Å². The SMILES string of the molecule is C[C@]1(CCc2ccccc2)NC(=O)N(CC(=O)Nc2ccc(C(F)(F)F)cc2)C1=O. The summed E-state index contributed by atoms with van der Waals surface area (Å²) in [5, 5.41) is 5.02. The van der Waals surface area contributed by atoms with Crippen LogP contribution in [-0.4, -0.2) is 34.8 Å². The Morgan fingerprint density at radius 2 is 1.70 bits per heavy atom. The molecule has 9 heteroatoms. The quantitative estimate of drug-likeness (QED) is 0.703. The highest BCUT2D eigenvalue weighted by molar-refractivity contribution is 6.09. The van der Waals surface area contributed by atoms with Crippen molar-refractivity contribution < 1.29 is 27.6 Å². The number of urea groups is 1. The molecule has 0 spiro atoms. The monoisotopic (exact) mass is 419 g/mol. The lowest BCUT2D eigenvalue weighted by Gasteiger charge is -2.21. The summed E-state index contributed by atoms with van der Waals surface area (Å²) in [5.74, 6) is -1.21. The molecule has 0 aliphatic carbocycles. The normalized spacial score (nSPS) is 19.0. The lowest BCUT2D eigenvalue weighted by atomic mass is 9.93. The van der Waals surface area contributed by atoms with Gasteiger partial charge in [-0.3, -0.25) is 14.5 Å². The van der Waals surface area contributed by atoms with Gasteiger partial charge in [0.15, 0.2) is 0 Å². The van der Waals surface area contributed by atoms with E-state index in [0.717, 1.165) is 34.7 Å². The van der Waals surface area contributed by atoms with Gasteiger partial charge in [-0.15, -0.1) is 0 Å². The summed E-state index contributed by atoms with van der Waals surface area (Å²) in [6.07, 6.45) is -3.56. The first-order valence-corrected chi connectivity index (χ1v) is 9.24. The molecule has 0 saturated carbocycles. The fourth-order valence-electron chi connectivity index (χ4n) is 3.19. The Bertz CT molecular complexity index is 945. The number of carbonyl (C=O) groups excluding carboxylic acids is 3. The summed E-state index contributed by atoms with van der Waals surface area (Å²) in [6.45, 7) is 1.07. The van der Waals surface area contributed by atoms with Crippen molar-refractivity contribution in [2.75, 3.05) is 11.9 Å². The lowest BCUT2D eigenvalue weighted by Crippen LogP contribution is -2.45. The molecule has 3 rings (SSSR count). The number of hydrogen-bond acceptors (Lipinski definition) is 3.